The maximum Gasteiger partial charge on any atom is 0.321 e. The Bertz CT molecular complexity index is 345. The molecule has 0 aromatic heterocycles. The number of hydrogen-bond acceptors (Lipinski definition) is 3. The van der Waals surface area contributed by atoms with Gasteiger partial charge in [-0.3, -0.25) is 4.79 Å². The molecule has 0 aliphatic heterocycles. The molecule has 1 aromatic carbocycles. The van der Waals surface area contributed by atoms with Crippen molar-refractivity contribution in [1.82, 2.24) is 0 Å². The highest BCUT2D eigenvalue weighted by Crippen LogP contribution is 2.16. The number of carbonyl (C=O) groups is 2. The second-order valence-corrected chi connectivity index (χ2v) is 3.46. The van der Waals surface area contributed by atoms with E-state index in [1.165, 1.54) is 0 Å². The van der Waals surface area contributed by atoms with Crippen LogP contribution in [0.5, 0.6) is 5.75 Å². The molecule has 15 heavy (non-hydrogen) atoms. The van der Waals surface area contributed by atoms with Gasteiger partial charge in [0.2, 0.25) is 0 Å². The lowest BCUT2D eigenvalue weighted by atomic mass is 10.1. The monoisotopic (exact) mass is 226 g/mol. The molecule has 0 N–H and O–H groups in total. The normalized spacial score (nSPS) is 11.9. The van der Waals surface area contributed by atoms with Gasteiger partial charge in [0.15, 0.2) is 0 Å². The lowest BCUT2D eigenvalue weighted by molar-refractivity contribution is -0.141. The van der Waals surface area contributed by atoms with E-state index in [0.717, 1.165) is 0 Å². The smallest absolute Gasteiger partial charge is 0.321 e. The van der Waals surface area contributed by atoms with Crippen LogP contribution in [0.1, 0.15) is 13.3 Å². The first kappa shape index (κ1) is 11.7. The Morgan fingerprint density at radius 2 is 2.07 bits per heavy atom. The van der Waals surface area contributed by atoms with Gasteiger partial charge >= 0.3 is 5.97 Å². The second kappa shape index (κ2) is 5.51. The van der Waals surface area contributed by atoms with Crippen LogP contribution < -0.4 is 4.74 Å². The molecule has 1 atom stereocenters. The first-order valence-electron chi connectivity index (χ1n) is 4.60. The molecule has 4 heteroatoms. The molecule has 0 spiro atoms. The number of rotatable bonds is 4. The largest absolute Gasteiger partial charge is 0.426 e. The van der Waals surface area contributed by atoms with Crippen LogP contribution in [0.3, 0.4) is 0 Å². The van der Waals surface area contributed by atoms with Gasteiger partial charge in [0.1, 0.15) is 18.0 Å². The summed E-state index contributed by atoms with van der Waals surface area (Å²) in [7, 11) is 0. The summed E-state index contributed by atoms with van der Waals surface area (Å²) < 4.78 is 4.98. The molecule has 0 saturated carbocycles. The van der Waals surface area contributed by atoms with Crippen LogP contribution in [0.25, 0.3) is 0 Å². The standard InChI is InChI=1S/C11H11ClO3/c1-2-8(7-13)11(14)15-10-5-3-9(12)4-6-10/h3-8H,2H2,1H3. The van der Waals surface area contributed by atoms with Crippen molar-refractivity contribution in [1.29, 1.82) is 0 Å². The molecular formula is C11H11ClO3. The van der Waals surface area contributed by atoms with Gasteiger partial charge in [-0.25, -0.2) is 0 Å². The van der Waals surface area contributed by atoms with Crippen LogP contribution >= 0.6 is 11.6 Å². The molecule has 1 rings (SSSR count). The molecule has 0 bridgehead atoms. The van der Waals surface area contributed by atoms with Gasteiger partial charge in [-0.2, -0.15) is 0 Å². The highest BCUT2D eigenvalue weighted by molar-refractivity contribution is 6.30. The summed E-state index contributed by atoms with van der Waals surface area (Å²) in [6, 6.07) is 6.40. The van der Waals surface area contributed by atoms with Crippen molar-refractivity contribution in [2.45, 2.75) is 13.3 Å². The Hall–Kier alpha value is -1.35. The fraction of sp³-hybridized carbons (Fsp3) is 0.273. The molecule has 1 unspecified atom stereocenters. The number of ether oxygens (including phenoxy) is 1. The number of hydrogen-bond donors (Lipinski definition) is 0. The molecule has 0 aliphatic rings. The third-order valence-corrected chi connectivity index (χ3v) is 2.19. The van der Waals surface area contributed by atoms with Crippen molar-refractivity contribution in [2.75, 3.05) is 0 Å². The number of halogens is 1. The lowest BCUT2D eigenvalue weighted by Crippen LogP contribution is -2.20. The molecule has 0 fully saturated rings. The maximum absolute atomic E-state index is 11.4. The van der Waals surface area contributed by atoms with Gasteiger partial charge in [0, 0.05) is 5.02 Å². The van der Waals surface area contributed by atoms with Crippen LogP contribution in [0.2, 0.25) is 5.02 Å². The Morgan fingerprint density at radius 3 is 2.53 bits per heavy atom. The van der Waals surface area contributed by atoms with Gasteiger partial charge in [-0.15, -0.1) is 0 Å². The van der Waals surface area contributed by atoms with Crippen molar-refractivity contribution in [3.05, 3.63) is 29.3 Å². The minimum Gasteiger partial charge on any atom is -0.426 e. The summed E-state index contributed by atoms with van der Waals surface area (Å²) in [6.07, 6.45) is 1.04. The summed E-state index contributed by atoms with van der Waals surface area (Å²) in [6.45, 7) is 1.75. The number of carbonyl (C=O) groups excluding carboxylic acids is 2. The summed E-state index contributed by atoms with van der Waals surface area (Å²) in [5, 5.41) is 0.567. The zero-order chi connectivity index (χ0) is 11.3. The molecule has 0 aliphatic carbocycles. The molecule has 0 saturated heterocycles. The molecule has 3 nitrogen and oxygen atoms in total. The van der Waals surface area contributed by atoms with Gasteiger partial charge < -0.3 is 9.53 Å². The molecular weight excluding hydrogens is 216 g/mol. The molecule has 0 amide bonds. The van der Waals surface area contributed by atoms with Crippen LogP contribution in [-0.4, -0.2) is 12.3 Å². The van der Waals surface area contributed by atoms with E-state index in [2.05, 4.69) is 0 Å². The van der Waals surface area contributed by atoms with Gasteiger partial charge in [-0.1, -0.05) is 18.5 Å². The fourth-order valence-corrected chi connectivity index (χ4v) is 1.14. The zero-order valence-corrected chi connectivity index (χ0v) is 9.03. The summed E-state index contributed by atoms with van der Waals surface area (Å²) >= 11 is 5.67. The van der Waals surface area contributed by atoms with E-state index in [-0.39, 0.29) is 0 Å². The second-order valence-electron chi connectivity index (χ2n) is 3.03. The number of aldehydes is 1. The molecule has 1 aromatic rings. The van der Waals surface area contributed by atoms with Crippen molar-refractivity contribution >= 4 is 23.9 Å². The quantitative estimate of drug-likeness (QED) is 0.343. The first-order chi connectivity index (χ1) is 7.17. The maximum atomic E-state index is 11.4. The Balaban J connectivity index is 2.65. The van der Waals surface area contributed by atoms with Crippen molar-refractivity contribution in [3.8, 4) is 5.75 Å². The van der Waals surface area contributed by atoms with Crippen LogP contribution in [-0.2, 0) is 9.59 Å². The Morgan fingerprint density at radius 1 is 1.47 bits per heavy atom. The molecule has 80 valence electrons. The third kappa shape index (κ3) is 3.36. The fourth-order valence-electron chi connectivity index (χ4n) is 1.01. The van der Waals surface area contributed by atoms with Crippen LogP contribution in [0, 0.1) is 5.92 Å². The average Bonchev–Trinajstić information content (AvgIpc) is 2.23. The average molecular weight is 227 g/mol. The van der Waals surface area contributed by atoms with Gasteiger partial charge in [-0.05, 0) is 30.7 Å². The topological polar surface area (TPSA) is 43.4 Å². The highest BCUT2D eigenvalue weighted by atomic mass is 35.5. The first-order valence-corrected chi connectivity index (χ1v) is 4.97. The van der Waals surface area contributed by atoms with E-state index in [1.54, 1.807) is 31.2 Å². The van der Waals surface area contributed by atoms with E-state index < -0.39 is 11.9 Å². The van der Waals surface area contributed by atoms with E-state index >= 15 is 0 Å². The Kier molecular flexibility index (Phi) is 4.31. The predicted molar refractivity (Wildman–Crippen MR) is 56.9 cm³/mol. The lowest BCUT2D eigenvalue weighted by Gasteiger charge is -2.07. The number of benzene rings is 1. The summed E-state index contributed by atoms with van der Waals surface area (Å²) in [5.41, 5.74) is 0. The Labute approximate surface area is 93.0 Å². The van der Waals surface area contributed by atoms with E-state index in [4.69, 9.17) is 16.3 Å². The van der Waals surface area contributed by atoms with E-state index in [1.807, 2.05) is 0 Å². The van der Waals surface area contributed by atoms with E-state index in [9.17, 15) is 9.59 Å². The summed E-state index contributed by atoms with van der Waals surface area (Å²) in [5.74, 6) is -0.833. The SMILES string of the molecule is CCC(C=O)C(=O)Oc1ccc(Cl)cc1. The minimum absolute atomic E-state index is 0.393. The molecule has 0 heterocycles. The molecule has 0 radical (unpaired) electrons. The number of esters is 1. The van der Waals surface area contributed by atoms with Gasteiger partial charge in [0.05, 0.1) is 0 Å². The third-order valence-electron chi connectivity index (χ3n) is 1.94. The highest BCUT2D eigenvalue weighted by Gasteiger charge is 2.17. The van der Waals surface area contributed by atoms with Crippen molar-refractivity contribution < 1.29 is 14.3 Å². The van der Waals surface area contributed by atoms with E-state index in [0.29, 0.717) is 23.5 Å². The van der Waals surface area contributed by atoms with Gasteiger partial charge in [0.25, 0.3) is 0 Å². The summed E-state index contributed by atoms with van der Waals surface area (Å²) in [4.78, 5) is 21.9. The van der Waals surface area contributed by atoms with Crippen LogP contribution in [0.15, 0.2) is 24.3 Å². The zero-order valence-electron chi connectivity index (χ0n) is 8.27. The van der Waals surface area contributed by atoms with Crippen molar-refractivity contribution in [3.63, 3.8) is 0 Å². The predicted octanol–water partition coefficient (Wildman–Crippen LogP) is 2.47. The minimum atomic E-state index is -0.694. The van der Waals surface area contributed by atoms with Crippen molar-refractivity contribution in [2.24, 2.45) is 5.92 Å². The van der Waals surface area contributed by atoms with Crippen LogP contribution in [0.4, 0.5) is 0 Å².